The highest BCUT2D eigenvalue weighted by atomic mass is 127. The highest BCUT2D eigenvalue weighted by molar-refractivity contribution is 14.1. The molecule has 0 aliphatic carbocycles. The molecule has 3 rings (SSSR count). The van der Waals surface area contributed by atoms with Crippen molar-refractivity contribution in [3.8, 4) is 17.2 Å². The van der Waals surface area contributed by atoms with Crippen LogP contribution in [-0.2, 0) is 5.41 Å². The first-order valence-corrected chi connectivity index (χ1v) is 9.75. The fourth-order valence-corrected chi connectivity index (χ4v) is 3.96. The number of phenols is 3. The lowest BCUT2D eigenvalue weighted by Crippen LogP contribution is -2.25. The molecule has 0 spiro atoms. The molecule has 25 heavy (non-hydrogen) atoms. The standard InChI is InChI=1S/C20H16I2O3/c1-20(12-2-6-15(23)7-3-12,13-4-8-18(24)16(21)10-13)14-5-9-19(25)17(22)11-14/h2-11,23-25H,1H3. The van der Waals surface area contributed by atoms with Crippen LogP contribution < -0.4 is 0 Å². The Hall–Kier alpha value is -1.48. The van der Waals surface area contributed by atoms with Crippen LogP contribution in [0.5, 0.6) is 17.2 Å². The summed E-state index contributed by atoms with van der Waals surface area (Å²) >= 11 is 4.23. The summed E-state index contributed by atoms with van der Waals surface area (Å²) in [6.07, 6.45) is 0. The summed E-state index contributed by atoms with van der Waals surface area (Å²) < 4.78 is 1.54. The molecule has 0 aliphatic heterocycles. The predicted molar refractivity (Wildman–Crippen MR) is 115 cm³/mol. The van der Waals surface area contributed by atoms with Gasteiger partial charge in [-0.25, -0.2) is 0 Å². The molecule has 0 amide bonds. The molecule has 0 atom stereocenters. The van der Waals surface area contributed by atoms with Crippen LogP contribution >= 0.6 is 45.2 Å². The largest absolute Gasteiger partial charge is 0.508 e. The third-order valence-electron chi connectivity index (χ3n) is 4.49. The van der Waals surface area contributed by atoms with Crippen LogP contribution in [0.4, 0.5) is 0 Å². The number of benzene rings is 3. The van der Waals surface area contributed by atoms with Crippen LogP contribution in [0.1, 0.15) is 23.6 Å². The molecule has 0 unspecified atom stereocenters. The molecule has 5 heteroatoms. The number of halogens is 2. The molecule has 3 N–H and O–H groups in total. The van der Waals surface area contributed by atoms with Crippen molar-refractivity contribution in [1.29, 1.82) is 0 Å². The van der Waals surface area contributed by atoms with Crippen LogP contribution in [0, 0.1) is 7.14 Å². The SMILES string of the molecule is CC(c1ccc(O)cc1)(c1ccc(O)c(I)c1)c1ccc(O)c(I)c1. The van der Waals surface area contributed by atoms with Crippen molar-refractivity contribution in [2.45, 2.75) is 12.3 Å². The van der Waals surface area contributed by atoms with Gasteiger partial charge in [-0.1, -0.05) is 24.3 Å². The van der Waals surface area contributed by atoms with Gasteiger partial charge in [-0.2, -0.15) is 0 Å². The van der Waals surface area contributed by atoms with Crippen LogP contribution in [0.15, 0.2) is 60.7 Å². The summed E-state index contributed by atoms with van der Waals surface area (Å²) in [4.78, 5) is 0. The van der Waals surface area contributed by atoms with Crippen molar-refractivity contribution < 1.29 is 15.3 Å². The molecule has 0 radical (unpaired) electrons. The maximum atomic E-state index is 9.89. The highest BCUT2D eigenvalue weighted by Crippen LogP contribution is 2.42. The highest BCUT2D eigenvalue weighted by Gasteiger charge is 2.32. The molecule has 0 aromatic heterocycles. The summed E-state index contributed by atoms with van der Waals surface area (Å²) in [5.41, 5.74) is 2.53. The molecule has 0 saturated carbocycles. The predicted octanol–water partition coefficient (Wildman–Crippen LogP) is 5.37. The number of hydrogen-bond donors (Lipinski definition) is 3. The van der Waals surface area contributed by atoms with E-state index in [1.165, 1.54) is 0 Å². The van der Waals surface area contributed by atoms with Gasteiger partial charge in [-0.05, 0) is 105 Å². The molecule has 0 aliphatic rings. The average Bonchev–Trinajstić information content (AvgIpc) is 2.59. The first-order chi connectivity index (χ1) is 11.8. The lowest BCUT2D eigenvalue weighted by Gasteiger charge is -2.32. The zero-order chi connectivity index (χ0) is 18.2. The minimum absolute atomic E-state index is 0.215. The Labute approximate surface area is 173 Å². The Morgan fingerprint density at radius 2 is 1.04 bits per heavy atom. The smallest absolute Gasteiger partial charge is 0.128 e. The fourth-order valence-electron chi connectivity index (χ4n) is 2.93. The van der Waals surface area contributed by atoms with Crippen molar-refractivity contribution in [3.63, 3.8) is 0 Å². The first-order valence-electron chi connectivity index (χ1n) is 7.60. The zero-order valence-corrected chi connectivity index (χ0v) is 17.7. The Kier molecular flexibility index (Phi) is 5.15. The van der Waals surface area contributed by atoms with Gasteiger partial charge in [0.2, 0.25) is 0 Å². The number of hydrogen-bond acceptors (Lipinski definition) is 3. The second-order valence-electron chi connectivity index (χ2n) is 6.00. The van der Waals surface area contributed by atoms with Crippen LogP contribution in [0.25, 0.3) is 0 Å². The molecule has 3 aromatic carbocycles. The molecule has 0 heterocycles. The van der Waals surface area contributed by atoms with E-state index in [9.17, 15) is 15.3 Å². The molecular weight excluding hydrogens is 542 g/mol. The fraction of sp³-hybridized carbons (Fsp3) is 0.100. The second-order valence-corrected chi connectivity index (χ2v) is 8.33. The minimum atomic E-state index is -0.505. The van der Waals surface area contributed by atoms with Crippen molar-refractivity contribution in [2.75, 3.05) is 0 Å². The summed E-state index contributed by atoms with van der Waals surface area (Å²) in [6, 6.07) is 18.3. The molecule has 3 nitrogen and oxygen atoms in total. The number of phenolic OH excluding ortho intramolecular Hbond substituents is 3. The van der Waals surface area contributed by atoms with Crippen LogP contribution in [0.3, 0.4) is 0 Å². The number of aromatic hydroxyl groups is 3. The first kappa shape index (κ1) is 18.3. The maximum absolute atomic E-state index is 9.89. The van der Waals surface area contributed by atoms with E-state index < -0.39 is 5.41 Å². The van der Waals surface area contributed by atoms with Gasteiger partial charge in [0.15, 0.2) is 0 Å². The Morgan fingerprint density at radius 3 is 1.44 bits per heavy atom. The van der Waals surface area contributed by atoms with E-state index in [0.29, 0.717) is 0 Å². The van der Waals surface area contributed by atoms with Crippen molar-refractivity contribution >= 4 is 45.2 Å². The number of rotatable bonds is 3. The maximum Gasteiger partial charge on any atom is 0.128 e. The quantitative estimate of drug-likeness (QED) is 0.300. The van der Waals surface area contributed by atoms with E-state index in [0.717, 1.165) is 23.8 Å². The van der Waals surface area contributed by atoms with Crippen LogP contribution in [0.2, 0.25) is 0 Å². The van der Waals surface area contributed by atoms with E-state index in [1.54, 1.807) is 24.3 Å². The Bertz CT molecular complexity index is 869. The molecule has 0 fully saturated rings. The van der Waals surface area contributed by atoms with Crippen molar-refractivity contribution in [3.05, 3.63) is 84.5 Å². The van der Waals surface area contributed by atoms with E-state index >= 15 is 0 Å². The second kappa shape index (κ2) is 7.03. The monoisotopic (exact) mass is 558 g/mol. The summed E-state index contributed by atoms with van der Waals surface area (Å²) in [7, 11) is 0. The third-order valence-corrected chi connectivity index (χ3v) is 6.22. The zero-order valence-electron chi connectivity index (χ0n) is 13.4. The van der Waals surface area contributed by atoms with Crippen LogP contribution in [-0.4, -0.2) is 15.3 Å². The van der Waals surface area contributed by atoms with E-state index in [2.05, 4.69) is 52.1 Å². The lowest BCUT2D eigenvalue weighted by atomic mass is 9.71. The van der Waals surface area contributed by atoms with Crippen molar-refractivity contribution in [1.82, 2.24) is 0 Å². The topological polar surface area (TPSA) is 60.7 Å². The van der Waals surface area contributed by atoms with Gasteiger partial charge in [0.1, 0.15) is 17.2 Å². The van der Waals surface area contributed by atoms with E-state index in [1.807, 2.05) is 36.4 Å². The minimum Gasteiger partial charge on any atom is -0.508 e. The van der Waals surface area contributed by atoms with Gasteiger partial charge in [-0.3, -0.25) is 0 Å². The van der Waals surface area contributed by atoms with E-state index in [4.69, 9.17) is 0 Å². The summed E-state index contributed by atoms with van der Waals surface area (Å²) in [5.74, 6) is 0.710. The Morgan fingerprint density at radius 1 is 0.640 bits per heavy atom. The molecule has 0 saturated heterocycles. The lowest BCUT2D eigenvalue weighted by molar-refractivity contribution is 0.470. The normalized spacial score (nSPS) is 11.5. The molecule has 128 valence electrons. The average molecular weight is 558 g/mol. The van der Waals surface area contributed by atoms with Gasteiger partial charge in [-0.15, -0.1) is 0 Å². The van der Waals surface area contributed by atoms with Gasteiger partial charge < -0.3 is 15.3 Å². The molecule has 0 bridgehead atoms. The summed E-state index contributed by atoms with van der Waals surface area (Å²) in [6.45, 7) is 2.10. The Balaban J connectivity index is 2.28. The third kappa shape index (κ3) is 3.44. The molecule has 3 aromatic rings. The molecular formula is C20H16I2O3. The van der Waals surface area contributed by atoms with E-state index in [-0.39, 0.29) is 17.2 Å². The van der Waals surface area contributed by atoms with Gasteiger partial charge >= 0.3 is 0 Å². The van der Waals surface area contributed by atoms with Gasteiger partial charge in [0, 0.05) is 5.41 Å². The van der Waals surface area contributed by atoms with Gasteiger partial charge in [0.05, 0.1) is 7.14 Å². The summed E-state index contributed by atoms with van der Waals surface area (Å²) in [5, 5.41) is 29.4. The van der Waals surface area contributed by atoms with Crippen molar-refractivity contribution in [2.24, 2.45) is 0 Å². The van der Waals surface area contributed by atoms with Gasteiger partial charge in [0.25, 0.3) is 0 Å².